The maximum Gasteiger partial charge on any atom is 0.234 e. The van der Waals surface area contributed by atoms with Crippen LogP contribution in [0.2, 0.25) is 0 Å². The van der Waals surface area contributed by atoms with E-state index in [2.05, 4.69) is 20.4 Å². The third kappa shape index (κ3) is 4.45. The van der Waals surface area contributed by atoms with Crippen molar-refractivity contribution in [2.75, 3.05) is 11.1 Å². The van der Waals surface area contributed by atoms with Gasteiger partial charge in [-0.2, -0.15) is 5.10 Å². The Kier molecular flexibility index (Phi) is 5.14. The molecule has 0 saturated heterocycles. The first kappa shape index (κ1) is 17.2. The Morgan fingerprint density at radius 3 is 2.72 bits per heavy atom. The third-order valence-electron chi connectivity index (χ3n) is 3.51. The minimum absolute atomic E-state index is 0.0677. The molecule has 6 nitrogen and oxygen atoms in total. The topological polar surface area (TPSA) is 72.7 Å². The summed E-state index contributed by atoms with van der Waals surface area (Å²) in [4.78, 5) is 20.6. The number of carbonyl (C=O) groups is 1. The van der Waals surface area contributed by atoms with Crippen molar-refractivity contribution in [1.29, 1.82) is 0 Å². The molecule has 0 aliphatic rings. The van der Waals surface area contributed by atoms with Crippen molar-refractivity contribution < 1.29 is 4.79 Å². The fourth-order valence-corrected chi connectivity index (χ4v) is 3.11. The summed E-state index contributed by atoms with van der Waals surface area (Å²) in [5.41, 5.74) is 3.85. The van der Waals surface area contributed by atoms with Crippen molar-refractivity contribution in [2.45, 2.75) is 25.8 Å². The van der Waals surface area contributed by atoms with Crippen molar-refractivity contribution in [1.82, 2.24) is 19.7 Å². The molecule has 0 fully saturated rings. The van der Waals surface area contributed by atoms with Crippen LogP contribution in [0.15, 0.2) is 47.8 Å². The van der Waals surface area contributed by atoms with Gasteiger partial charge in [0.25, 0.3) is 0 Å². The van der Waals surface area contributed by atoms with Gasteiger partial charge in [0.05, 0.1) is 11.4 Å². The van der Waals surface area contributed by atoms with Gasteiger partial charge < -0.3 is 5.32 Å². The molecule has 1 amide bonds. The van der Waals surface area contributed by atoms with E-state index in [0.717, 1.165) is 27.7 Å². The van der Waals surface area contributed by atoms with Gasteiger partial charge in [-0.3, -0.25) is 4.79 Å². The van der Waals surface area contributed by atoms with E-state index in [4.69, 9.17) is 0 Å². The van der Waals surface area contributed by atoms with E-state index < -0.39 is 0 Å². The molecule has 0 aliphatic heterocycles. The lowest BCUT2D eigenvalue weighted by Crippen LogP contribution is -2.14. The van der Waals surface area contributed by atoms with Gasteiger partial charge in [0.2, 0.25) is 5.91 Å². The molecule has 0 radical (unpaired) electrons. The fourth-order valence-electron chi connectivity index (χ4n) is 2.44. The second-order valence-electron chi connectivity index (χ2n) is 5.76. The summed E-state index contributed by atoms with van der Waals surface area (Å²) in [5, 5.41) is 8.04. The summed E-state index contributed by atoms with van der Waals surface area (Å²) in [6.07, 6.45) is 1.49. The van der Waals surface area contributed by atoms with Crippen LogP contribution in [0.1, 0.15) is 17.0 Å². The molecule has 1 N–H and O–H groups in total. The molecule has 0 spiro atoms. The van der Waals surface area contributed by atoms with Crippen LogP contribution in [0.25, 0.3) is 5.82 Å². The summed E-state index contributed by atoms with van der Waals surface area (Å²) in [5.74, 6) is 0.908. The summed E-state index contributed by atoms with van der Waals surface area (Å²) < 4.78 is 1.77. The molecule has 2 heterocycles. The average Bonchev–Trinajstić information content (AvgIpc) is 2.92. The Labute approximate surface area is 150 Å². The van der Waals surface area contributed by atoms with Crippen molar-refractivity contribution in [2.24, 2.45) is 0 Å². The summed E-state index contributed by atoms with van der Waals surface area (Å²) in [6.45, 7) is 5.91. The molecule has 2 aromatic heterocycles. The zero-order valence-electron chi connectivity index (χ0n) is 14.4. The molecule has 0 atom stereocenters. The second kappa shape index (κ2) is 7.48. The maximum absolute atomic E-state index is 12.1. The van der Waals surface area contributed by atoms with Gasteiger partial charge in [-0.15, -0.1) is 0 Å². The van der Waals surface area contributed by atoms with Crippen molar-refractivity contribution in [3.63, 3.8) is 0 Å². The van der Waals surface area contributed by atoms with Gasteiger partial charge in [-0.25, -0.2) is 14.6 Å². The Bertz CT molecular complexity index is 906. The normalized spacial score (nSPS) is 10.7. The summed E-state index contributed by atoms with van der Waals surface area (Å²) in [7, 11) is 0. The third-order valence-corrected chi connectivity index (χ3v) is 4.43. The van der Waals surface area contributed by atoms with Crippen LogP contribution in [0.3, 0.4) is 0 Å². The van der Waals surface area contributed by atoms with Gasteiger partial charge in [0.1, 0.15) is 11.4 Å². The van der Waals surface area contributed by atoms with Crippen molar-refractivity contribution in [3.8, 4) is 5.82 Å². The van der Waals surface area contributed by atoms with Crippen LogP contribution < -0.4 is 5.32 Å². The predicted molar refractivity (Wildman–Crippen MR) is 99.2 cm³/mol. The number of anilines is 1. The van der Waals surface area contributed by atoms with Crippen LogP contribution >= 0.6 is 11.8 Å². The first-order chi connectivity index (χ1) is 12.0. The van der Waals surface area contributed by atoms with E-state index in [-0.39, 0.29) is 11.7 Å². The monoisotopic (exact) mass is 353 g/mol. The number of nitrogens with one attached hydrogen (secondary N) is 1. The molecule has 0 aliphatic carbocycles. The second-order valence-corrected chi connectivity index (χ2v) is 6.76. The molecule has 0 saturated carbocycles. The smallest absolute Gasteiger partial charge is 0.234 e. The zero-order chi connectivity index (χ0) is 17.8. The molecule has 3 rings (SSSR count). The molecule has 3 aromatic rings. The highest BCUT2D eigenvalue weighted by Gasteiger charge is 2.09. The number of hydrogen-bond acceptors (Lipinski definition) is 5. The minimum Gasteiger partial charge on any atom is -0.325 e. The average molecular weight is 353 g/mol. The maximum atomic E-state index is 12.1. The van der Waals surface area contributed by atoms with E-state index in [1.165, 1.54) is 18.1 Å². The molecule has 0 unspecified atom stereocenters. The fraction of sp³-hybridized carbons (Fsp3) is 0.222. The van der Waals surface area contributed by atoms with Gasteiger partial charge in [0, 0.05) is 17.4 Å². The van der Waals surface area contributed by atoms with Gasteiger partial charge in [0.15, 0.2) is 5.82 Å². The molecule has 0 bridgehead atoms. The Hall–Kier alpha value is -2.67. The van der Waals surface area contributed by atoms with Crippen molar-refractivity contribution in [3.05, 3.63) is 59.7 Å². The SMILES string of the molecule is Cc1cccc(NC(=O)CSc2cc(-n3nc(C)cc3C)ncn2)c1. The minimum atomic E-state index is -0.0677. The number of carbonyl (C=O) groups excluding carboxylic acids is 1. The number of nitrogens with zero attached hydrogens (tertiary/aromatic N) is 4. The van der Waals surface area contributed by atoms with Crippen LogP contribution in [-0.2, 0) is 4.79 Å². The first-order valence-corrected chi connectivity index (χ1v) is 8.85. The Morgan fingerprint density at radius 2 is 2.00 bits per heavy atom. The molecular weight excluding hydrogens is 334 g/mol. The van der Waals surface area contributed by atoms with E-state index in [0.29, 0.717) is 5.82 Å². The molecule has 128 valence electrons. The number of benzene rings is 1. The van der Waals surface area contributed by atoms with E-state index in [1.807, 2.05) is 57.2 Å². The Balaban J connectivity index is 1.64. The Morgan fingerprint density at radius 1 is 1.16 bits per heavy atom. The van der Waals surface area contributed by atoms with Crippen molar-refractivity contribution >= 4 is 23.4 Å². The summed E-state index contributed by atoms with van der Waals surface area (Å²) >= 11 is 1.37. The predicted octanol–water partition coefficient (Wildman–Crippen LogP) is 3.32. The lowest BCUT2D eigenvalue weighted by atomic mass is 10.2. The lowest BCUT2D eigenvalue weighted by molar-refractivity contribution is -0.113. The number of aryl methyl sites for hydroxylation is 3. The highest BCUT2D eigenvalue weighted by Crippen LogP contribution is 2.19. The number of hydrogen-bond donors (Lipinski definition) is 1. The zero-order valence-corrected chi connectivity index (χ0v) is 15.2. The molecule has 1 aromatic carbocycles. The number of rotatable bonds is 5. The standard InChI is InChI=1S/C18H19N5OS/c1-12-5-4-6-15(7-12)21-17(24)10-25-18-9-16(19-11-20-18)23-14(3)8-13(2)22-23/h4-9,11H,10H2,1-3H3,(H,21,24). The number of thioether (sulfide) groups is 1. The highest BCUT2D eigenvalue weighted by atomic mass is 32.2. The van der Waals surface area contributed by atoms with Gasteiger partial charge >= 0.3 is 0 Å². The molecule has 25 heavy (non-hydrogen) atoms. The number of amides is 1. The number of aromatic nitrogens is 4. The van der Waals surface area contributed by atoms with E-state index in [9.17, 15) is 4.79 Å². The lowest BCUT2D eigenvalue weighted by Gasteiger charge is -2.07. The quantitative estimate of drug-likeness (QED) is 0.563. The van der Waals surface area contributed by atoms with Crippen LogP contribution in [0.4, 0.5) is 5.69 Å². The highest BCUT2D eigenvalue weighted by molar-refractivity contribution is 7.99. The largest absolute Gasteiger partial charge is 0.325 e. The van der Waals surface area contributed by atoms with Crippen LogP contribution in [0, 0.1) is 20.8 Å². The van der Waals surface area contributed by atoms with Crippen LogP contribution in [0.5, 0.6) is 0 Å². The van der Waals surface area contributed by atoms with Gasteiger partial charge in [-0.05, 0) is 44.5 Å². The van der Waals surface area contributed by atoms with Gasteiger partial charge in [-0.1, -0.05) is 23.9 Å². The van der Waals surface area contributed by atoms with Crippen LogP contribution in [-0.4, -0.2) is 31.4 Å². The summed E-state index contributed by atoms with van der Waals surface area (Å²) in [6, 6.07) is 11.6. The van der Waals surface area contributed by atoms with E-state index in [1.54, 1.807) is 4.68 Å². The molecule has 7 heteroatoms. The molecular formula is C18H19N5OS. The van der Waals surface area contributed by atoms with E-state index >= 15 is 0 Å². The first-order valence-electron chi connectivity index (χ1n) is 7.86.